The topological polar surface area (TPSA) is 26.0 Å². The first-order valence-electron chi connectivity index (χ1n) is 5.40. The van der Waals surface area contributed by atoms with Crippen molar-refractivity contribution in [1.82, 2.24) is 0 Å². The van der Waals surface area contributed by atoms with E-state index in [1.165, 1.54) is 9.10 Å². The van der Waals surface area contributed by atoms with Crippen LogP contribution in [0.25, 0.3) is 0 Å². The lowest BCUT2D eigenvalue weighted by Gasteiger charge is -2.08. The summed E-state index contributed by atoms with van der Waals surface area (Å²) in [6, 6.07) is 10.5. The van der Waals surface area contributed by atoms with Crippen LogP contribution in [0.4, 0.5) is 0 Å². The molecular weight excluding hydrogens is 270 g/mol. The Balaban J connectivity index is 2.13. The van der Waals surface area contributed by atoms with Crippen LogP contribution in [-0.2, 0) is 6.42 Å². The van der Waals surface area contributed by atoms with Crippen LogP contribution in [0.1, 0.15) is 12.5 Å². The van der Waals surface area contributed by atoms with Gasteiger partial charge in [-0.1, -0.05) is 35.5 Å². The van der Waals surface area contributed by atoms with E-state index in [9.17, 15) is 0 Å². The zero-order valence-corrected chi connectivity index (χ0v) is 11.9. The first kappa shape index (κ1) is 13.0. The van der Waals surface area contributed by atoms with Crippen LogP contribution < -0.4 is 5.73 Å². The molecule has 0 fully saturated rings. The van der Waals surface area contributed by atoms with Crippen molar-refractivity contribution in [3.05, 3.63) is 46.3 Å². The summed E-state index contributed by atoms with van der Waals surface area (Å²) in [4.78, 5) is 1.17. The van der Waals surface area contributed by atoms with Crippen molar-refractivity contribution in [3.8, 4) is 0 Å². The van der Waals surface area contributed by atoms with Crippen LogP contribution in [0, 0.1) is 0 Å². The van der Waals surface area contributed by atoms with Crippen molar-refractivity contribution in [3.63, 3.8) is 0 Å². The summed E-state index contributed by atoms with van der Waals surface area (Å²) in [6.45, 7) is 1.99. The average molecular weight is 284 g/mol. The molecule has 1 atom stereocenters. The highest BCUT2D eigenvalue weighted by molar-refractivity contribution is 8.01. The van der Waals surface area contributed by atoms with Crippen molar-refractivity contribution in [2.45, 2.75) is 28.5 Å². The molecule has 0 aliphatic rings. The summed E-state index contributed by atoms with van der Waals surface area (Å²) in [7, 11) is 0. The Morgan fingerprint density at radius 2 is 2.24 bits per heavy atom. The van der Waals surface area contributed by atoms with Gasteiger partial charge in [-0.05, 0) is 42.5 Å². The van der Waals surface area contributed by atoms with E-state index in [0.717, 1.165) is 17.0 Å². The van der Waals surface area contributed by atoms with Gasteiger partial charge in [0.15, 0.2) is 0 Å². The molecule has 1 unspecified atom stereocenters. The fourth-order valence-corrected chi connectivity index (χ4v) is 3.65. The van der Waals surface area contributed by atoms with Gasteiger partial charge in [0.25, 0.3) is 0 Å². The number of benzene rings is 1. The number of hydrogen-bond donors (Lipinski definition) is 1. The number of halogens is 1. The summed E-state index contributed by atoms with van der Waals surface area (Å²) in [5.41, 5.74) is 6.90. The van der Waals surface area contributed by atoms with Crippen LogP contribution >= 0.6 is 34.7 Å². The van der Waals surface area contributed by atoms with E-state index >= 15 is 0 Å². The van der Waals surface area contributed by atoms with Gasteiger partial charge in [0, 0.05) is 16.0 Å². The molecule has 0 aliphatic carbocycles. The first-order valence-corrected chi connectivity index (χ1v) is 7.48. The average Bonchev–Trinajstić information content (AvgIpc) is 2.74. The third-order valence-electron chi connectivity index (χ3n) is 2.28. The van der Waals surface area contributed by atoms with Crippen molar-refractivity contribution in [2.24, 2.45) is 5.73 Å². The van der Waals surface area contributed by atoms with Crippen molar-refractivity contribution >= 4 is 34.7 Å². The highest BCUT2D eigenvalue weighted by Crippen LogP contribution is 2.33. The molecule has 2 rings (SSSR count). The highest BCUT2D eigenvalue weighted by atomic mass is 35.5. The van der Waals surface area contributed by atoms with Gasteiger partial charge in [-0.2, -0.15) is 0 Å². The van der Waals surface area contributed by atoms with E-state index < -0.39 is 0 Å². The maximum Gasteiger partial charge on any atom is 0.0646 e. The van der Waals surface area contributed by atoms with Gasteiger partial charge in [0.05, 0.1) is 4.21 Å². The lowest BCUT2D eigenvalue weighted by molar-refractivity contribution is 0.738. The van der Waals surface area contributed by atoms with Gasteiger partial charge in [-0.3, -0.25) is 0 Å². The third kappa shape index (κ3) is 3.75. The summed E-state index contributed by atoms with van der Waals surface area (Å²) in [5.74, 6) is 0. The highest BCUT2D eigenvalue weighted by Gasteiger charge is 2.05. The minimum absolute atomic E-state index is 0.142. The van der Waals surface area contributed by atoms with Gasteiger partial charge in [0.1, 0.15) is 0 Å². The van der Waals surface area contributed by atoms with Crippen LogP contribution in [0.5, 0.6) is 0 Å². The van der Waals surface area contributed by atoms with E-state index in [4.69, 9.17) is 17.3 Å². The van der Waals surface area contributed by atoms with E-state index in [2.05, 4.69) is 29.6 Å². The predicted octanol–water partition coefficient (Wildman–Crippen LogP) is 4.44. The molecule has 0 saturated carbocycles. The normalized spacial score (nSPS) is 12.6. The summed E-state index contributed by atoms with van der Waals surface area (Å²) < 4.78 is 1.28. The van der Waals surface area contributed by atoms with Crippen LogP contribution in [0.15, 0.2) is 44.8 Å². The Morgan fingerprint density at radius 3 is 2.82 bits per heavy atom. The van der Waals surface area contributed by atoms with Gasteiger partial charge in [-0.25, -0.2) is 0 Å². The molecular formula is C13H14ClNS2. The lowest BCUT2D eigenvalue weighted by atomic mass is 10.1. The quantitative estimate of drug-likeness (QED) is 0.897. The zero-order chi connectivity index (χ0) is 12.3. The molecule has 0 radical (unpaired) electrons. The zero-order valence-electron chi connectivity index (χ0n) is 9.52. The monoisotopic (exact) mass is 283 g/mol. The van der Waals surface area contributed by atoms with E-state index in [1.807, 2.05) is 13.0 Å². The predicted molar refractivity (Wildman–Crippen MR) is 77.2 cm³/mol. The summed E-state index contributed by atoms with van der Waals surface area (Å²) in [5, 5.41) is 2.89. The lowest BCUT2D eigenvalue weighted by Crippen LogP contribution is -2.17. The van der Waals surface area contributed by atoms with Gasteiger partial charge < -0.3 is 5.73 Å². The fraction of sp³-hybridized carbons (Fsp3) is 0.231. The molecule has 90 valence electrons. The molecule has 0 saturated heterocycles. The Bertz CT molecular complexity index is 480. The molecule has 1 heterocycles. The maximum absolute atomic E-state index is 6.25. The van der Waals surface area contributed by atoms with Crippen molar-refractivity contribution < 1.29 is 0 Å². The number of thiophene rings is 1. The molecule has 1 aromatic carbocycles. The molecule has 4 heteroatoms. The Morgan fingerprint density at radius 1 is 1.41 bits per heavy atom. The molecule has 1 nitrogen and oxygen atoms in total. The molecule has 2 N–H and O–H groups in total. The Labute approximate surface area is 115 Å². The van der Waals surface area contributed by atoms with Gasteiger partial charge in [-0.15, -0.1) is 11.3 Å². The Kier molecular flexibility index (Phi) is 4.51. The van der Waals surface area contributed by atoms with Crippen molar-refractivity contribution in [2.75, 3.05) is 0 Å². The van der Waals surface area contributed by atoms with Gasteiger partial charge >= 0.3 is 0 Å². The van der Waals surface area contributed by atoms with E-state index in [1.54, 1.807) is 23.1 Å². The van der Waals surface area contributed by atoms with Crippen LogP contribution in [0.3, 0.4) is 0 Å². The molecule has 0 bridgehead atoms. The number of hydrogen-bond acceptors (Lipinski definition) is 3. The molecule has 0 spiro atoms. The summed E-state index contributed by atoms with van der Waals surface area (Å²) in [6.07, 6.45) is 0.822. The Hall–Kier alpha value is -0.480. The standard InChI is InChI=1S/C13H14ClNS2/c1-9(15)7-10-4-5-11(8-12(10)14)17-13-3-2-6-16-13/h2-6,8-9H,7,15H2,1H3. The van der Waals surface area contributed by atoms with Crippen molar-refractivity contribution in [1.29, 1.82) is 0 Å². The second-order valence-electron chi connectivity index (χ2n) is 3.97. The third-order valence-corrected chi connectivity index (χ3v) is 4.66. The number of rotatable bonds is 4. The second-order valence-corrected chi connectivity index (χ2v) is 6.70. The molecule has 1 aromatic heterocycles. The van der Waals surface area contributed by atoms with Crippen LogP contribution in [0.2, 0.25) is 5.02 Å². The SMILES string of the molecule is CC(N)Cc1ccc(Sc2cccs2)cc1Cl. The molecule has 0 amide bonds. The minimum Gasteiger partial charge on any atom is -0.328 e. The van der Waals surface area contributed by atoms with E-state index in [0.29, 0.717) is 0 Å². The maximum atomic E-state index is 6.25. The number of nitrogens with two attached hydrogens (primary N) is 1. The smallest absolute Gasteiger partial charge is 0.0646 e. The largest absolute Gasteiger partial charge is 0.328 e. The first-order chi connectivity index (χ1) is 8.15. The molecule has 17 heavy (non-hydrogen) atoms. The summed E-state index contributed by atoms with van der Waals surface area (Å²) >= 11 is 9.73. The van der Waals surface area contributed by atoms with E-state index in [-0.39, 0.29) is 6.04 Å². The van der Waals surface area contributed by atoms with Crippen LogP contribution in [-0.4, -0.2) is 6.04 Å². The second kappa shape index (κ2) is 5.91. The minimum atomic E-state index is 0.142. The molecule has 2 aromatic rings. The fourth-order valence-electron chi connectivity index (χ4n) is 1.54. The van der Waals surface area contributed by atoms with Gasteiger partial charge in [0.2, 0.25) is 0 Å². The molecule has 0 aliphatic heterocycles.